The number of nitrogens with zero attached hydrogens (tertiary/aromatic N) is 1. The number of fused-ring (bicyclic) bond motifs is 9. The van der Waals surface area contributed by atoms with Crippen LogP contribution in [0.15, 0.2) is 209 Å². The van der Waals surface area contributed by atoms with Gasteiger partial charge in [-0.15, -0.1) is 11.3 Å². The quantitative estimate of drug-likeness (QED) is 0.169. The zero-order valence-corrected chi connectivity index (χ0v) is 32.0. The van der Waals surface area contributed by atoms with Crippen LogP contribution >= 0.6 is 11.3 Å². The van der Waals surface area contributed by atoms with Crippen molar-refractivity contribution in [2.24, 2.45) is 0 Å². The van der Waals surface area contributed by atoms with E-state index in [-0.39, 0.29) is 0 Å². The largest absolute Gasteiger partial charge is 0.455 e. The minimum atomic E-state index is 0.858. The second kappa shape index (κ2) is 13.1. The monoisotopic (exact) mass is 759 g/mol. The summed E-state index contributed by atoms with van der Waals surface area (Å²) in [6, 6.07) is 71.3. The molecule has 12 aromatic rings. The molecule has 0 bridgehead atoms. The van der Waals surface area contributed by atoms with Crippen LogP contribution in [0.5, 0.6) is 0 Å². The number of hydrogen-bond donors (Lipinski definition) is 0. The molecule has 0 amide bonds. The fourth-order valence-electron chi connectivity index (χ4n) is 8.70. The topological polar surface area (TPSA) is 29.5 Å². The van der Waals surface area contributed by atoms with Crippen LogP contribution in [0, 0.1) is 0 Å². The highest BCUT2D eigenvalue weighted by molar-refractivity contribution is 7.25. The van der Waals surface area contributed by atoms with E-state index in [2.05, 4.69) is 193 Å². The molecule has 0 N–H and O–H groups in total. The lowest BCUT2D eigenvalue weighted by molar-refractivity contribution is 0.669. The summed E-state index contributed by atoms with van der Waals surface area (Å²) in [6.07, 6.45) is 0. The van der Waals surface area contributed by atoms with Crippen molar-refractivity contribution in [2.45, 2.75) is 0 Å². The number of hydrogen-bond acceptors (Lipinski definition) is 4. The van der Waals surface area contributed by atoms with E-state index in [1.54, 1.807) is 0 Å². The van der Waals surface area contributed by atoms with Gasteiger partial charge in [0.1, 0.15) is 22.3 Å². The molecule has 3 heterocycles. The lowest BCUT2D eigenvalue weighted by Crippen LogP contribution is -2.09. The third-order valence-corrected chi connectivity index (χ3v) is 12.6. The molecule has 58 heavy (non-hydrogen) atoms. The smallest absolute Gasteiger partial charge is 0.143 e. The molecule has 9 aromatic carbocycles. The molecule has 0 unspecified atom stereocenters. The fraction of sp³-hybridized carbons (Fsp3) is 0. The molecule has 0 atom stereocenters. The second-order valence-electron chi connectivity index (χ2n) is 14.9. The van der Waals surface area contributed by atoms with Gasteiger partial charge in [0.2, 0.25) is 0 Å². The molecule has 0 fully saturated rings. The number of para-hydroxylation sites is 2. The molecule has 0 aliphatic heterocycles. The Labute approximate surface area is 338 Å². The van der Waals surface area contributed by atoms with E-state index in [1.807, 2.05) is 23.5 Å². The van der Waals surface area contributed by atoms with Crippen molar-refractivity contribution in [2.75, 3.05) is 4.90 Å². The minimum absolute atomic E-state index is 0.858. The first-order chi connectivity index (χ1) is 28.7. The predicted molar refractivity (Wildman–Crippen MR) is 245 cm³/mol. The van der Waals surface area contributed by atoms with Crippen molar-refractivity contribution in [3.8, 4) is 33.4 Å². The summed E-state index contributed by atoms with van der Waals surface area (Å²) in [5.41, 5.74) is 13.5. The molecular weight excluding hydrogens is 727 g/mol. The summed E-state index contributed by atoms with van der Waals surface area (Å²) in [7, 11) is 0. The Kier molecular flexibility index (Phi) is 7.40. The highest BCUT2D eigenvalue weighted by Crippen LogP contribution is 2.44. The van der Waals surface area contributed by atoms with Gasteiger partial charge in [0.15, 0.2) is 0 Å². The highest BCUT2D eigenvalue weighted by Gasteiger charge is 2.19. The summed E-state index contributed by atoms with van der Waals surface area (Å²) in [4.78, 5) is 2.34. The Balaban J connectivity index is 0.978. The van der Waals surface area contributed by atoms with Gasteiger partial charge in [0.05, 0.1) is 0 Å². The average molecular weight is 760 g/mol. The maximum Gasteiger partial charge on any atom is 0.143 e. The van der Waals surface area contributed by atoms with E-state index in [0.29, 0.717) is 0 Å². The number of anilines is 3. The Morgan fingerprint density at radius 1 is 0.310 bits per heavy atom. The van der Waals surface area contributed by atoms with Crippen LogP contribution in [-0.2, 0) is 0 Å². The molecule has 0 saturated carbocycles. The van der Waals surface area contributed by atoms with Gasteiger partial charge in [0.25, 0.3) is 0 Å². The standard InChI is InChI=1S/C54H33NO2S/c1-3-11-35(12-4-1)41-16-9-18-46-43-28-26-39(32-50(43)57-53(41)46)55(40-27-29-45-44-15-7-8-20-51(44)58-52(45)33-40)38-24-21-34(22-25-38)37-23-30-49-48(31-37)47-19-10-17-42(54(47)56-49)36-13-5-2-6-14-36/h1-33H. The van der Waals surface area contributed by atoms with Crippen molar-refractivity contribution >= 4 is 92.4 Å². The molecule has 3 nitrogen and oxygen atoms in total. The SMILES string of the molecule is c1ccc(-c2cccc3c2oc2cc(N(c4ccc(-c5ccc6oc7c(-c8ccccc8)cccc7c6c5)cc4)c4ccc5c(c4)sc4ccccc45)ccc23)cc1. The van der Waals surface area contributed by atoms with Crippen LogP contribution in [-0.4, -0.2) is 0 Å². The Bertz CT molecular complexity index is 3500. The first kappa shape index (κ1) is 32.8. The van der Waals surface area contributed by atoms with Crippen molar-refractivity contribution in [1.82, 2.24) is 0 Å². The van der Waals surface area contributed by atoms with Gasteiger partial charge < -0.3 is 13.7 Å². The molecular formula is C54H33NO2S. The van der Waals surface area contributed by atoms with Crippen molar-refractivity contribution in [3.05, 3.63) is 200 Å². The lowest BCUT2D eigenvalue weighted by Gasteiger charge is -2.26. The van der Waals surface area contributed by atoms with E-state index in [0.717, 1.165) is 94.3 Å². The minimum Gasteiger partial charge on any atom is -0.455 e. The van der Waals surface area contributed by atoms with Crippen LogP contribution in [0.3, 0.4) is 0 Å². The Morgan fingerprint density at radius 2 is 0.862 bits per heavy atom. The van der Waals surface area contributed by atoms with E-state index in [1.165, 1.54) is 20.2 Å². The summed E-state index contributed by atoms with van der Waals surface area (Å²) < 4.78 is 15.8. The molecule has 0 aliphatic carbocycles. The summed E-state index contributed by atoms with van der Waals surface area (Å²) in [6.45, 7) is 0. The Morgan fingerprint density at radius 3 is 1.59 bits per heavy atom. The number of thiophene rings is 1. The maximum atomic E-state index is 6.75. The molecule has 272 valence electrons. The number of benzene rings is 9. The first-order valence-electron chi connectivity index (χ1n) is 19.6. The second-order valence-corrected chi connectivity index (χ2v) is 15.9. The van der Waals surface area contributed by atoms with E-state index >= 15 is 0 Å². The van der Waals surface area contributed by atoms with E-state index in [4.69, 9.17) is 8.83 Å². The van der Waals surface area contributed by atoms with Gasteiger partial charge in [0, 0.05) is 76.0 Å². The van der Waals surface area contributed by atoms with Crippen LogP contribution in [0.25, 0.3) is 97.4 Å². The van der Waals surface area contributed by atoms with Crippen molar-refractivity contribution in [1.29, 1.82) is 0 Å². The molecule has 0 spiro atoms. The molecule has 0 aliphatic rings. The van der Waals surface area contributed by atoms with Gasteiger partial charge in [-0.05, 0) is 76.9 Å². The van der Waals surface area contributed by atoms with Gasteiger partial charge in [-0.1, -0.05) is 140 Å². The number of furan rings is 2. The van der Waals surface area contributed by atoms with Crippen LogP contribution < -0.4 is 4.90 Å². The van der Waals surface area contributed by atoms with Gasteiger partial charge in [-0.2, -0.15) is 0 Å². The molecule has 0 saturated heterocycles. The zero-order chi connectivity index (χ0) is 38.2. The van der Waals surface area contributed by atoms with Crippen molar-refractivity contribution in [3.63, 3.8) is 0 Å². The predicted octanol–water partition coefficient (Wildman–Crippen LogP) is 16.3. The molecule has 3 aromatic heterocycles. The third-order valence-electron chi connectivity index (χ3n) is 11.5. The average Bonchev–Trinajstić information content (AvgIpc) is 3.98. The summed E-state index contributed by atoms with van der Waals surface area (Å²) >= 11 is 1.84. The Hall–Kier alpha value is -7.40. The maximum absolute atomic E-state index is 6.75. The fourth-order valence-corrected chi connectivity index (χ4v) is 9.84. The lowest BCUT2D eigenvalue weighted by atomic mass is 10.00. The highest BCUT2D eigenvalue weighted by atomic mass is 32.1. The number of rotatable bonds is 6. The van der Waals surface area contributed by atoms with Crippen LogP contribution in [0.4, 0.5) is 17.1 Å². The van der Waals surface area contributed by atoms with Gasteiger partial charge in [-0.25, -0.2) is 0 Å². The first-order valence-corrected chi connectivity index (χ1v) is 20.4. The zero-order valence-electron chi connectivity index (χ0n) is 31.2. The van der Waals surface area contributed by atoms with Gasteiger partial charge >= 0.3 is 0 Å². The van der Waals surface area contributed by atoms with Crippen LogP contribution in [0.2, 0.25) is 0 Å². The summed E-state index contributed by atoms with van der Waals surface area (Å²) in [5.74, 6) is 0. The third kappa shape index (κ3) is 5.27. The molecule has 0 radical (unpaired) electrons. The normalized spacial score (nSPS) is 11.8. The van der Waals surface area contributed by atoms with Crippen LogP contribution in [0.1, 0.15) is 0 Å². The summed E-state index contributed by atoms with van der Waals surface area (Å²) in [5, 5.41) is 7.02. The molecule has 4 heteroatoms. The molecule has 12 rings (SSSR count). The van der Waals surface area contributed by atoms with E-state index < -0.39 is 0 Å². The van der Waals surface area contributed by atoms with Gasteiger partial charge in [-0.3, -0.25) is 0 Å². The van der Waals surface area contributed by atoms with E-state index in [9.17, 15) is 0 Å². The van der Waals surface area contributed by atoms with Crippen molar-refractivity contribution < 1.29 is 8.83 Å².